The normalized spacial score (nSPS) is 13.6. The summed E-state index contributed by atoms with van der Waals surface area (Å²) in [6.45, 7) is 8.47. The van der Waals surface area contributed by atoms with Gasteiger partial charge < -0.3 is 26.0 Å². The largest absolute Gasteiger partial charge is 0.398 e. The van der Waals surface area contributed by atoms with Crippen LogP contribution in [0.4, 0.5) is 17.5 Å². The van der Waals surface area contributed by atoms with Crippen LogP contribution in [0.2, 0.25) is 0 Å². The first-order valence-electron chi connectivity index (χ1n) is 9.77. The number of nitrogens with one attached hydrogen (secondary N) is 2. The lowest BCUT2D eigenvalue weighted by Gasteiger charge is -2.20. The molecule has 1 aromatic carbocycles. The van der Waals surface area contributed by atoms with Crippen LogP contribution in [0, 0.1) is 3.57 Å². The summed E-state index contributed by atoms with van der Waals surface area (Å²) in [5.74, 6) is 1.10. The van der Waals surface area contributed by atoms with E-state index in [4.69, 9.17) is 5.73 Å². The Morgan fingerprint density at radius 2 is 2.00 bits per heavy atom. The van der Waals surface area contributed by atoms with Crippen LogP contribution in [0.15, 0.2) is 24.5 Å². The molecule has 9 heteroatoms. The van der Waals surface area contributed by atoms with Gasteiger partial charge in [-0.25, -0.2) is 4.98 Å². The Kier molecular flexibility index (Phi) is 6.78. The third-order valence-electron chi connectivity index (χ3n) is 4.87. The van der Waals surface area contributed by atoms with Crippen LogP contribution in [-0.2, 0) is 6.54 Å². The second-order valence-electron chi connectivity index (χ2n) is 7.41. The van der Waals surface area contributed by atoms with Gasteiger partial charge in [0.05, 0.1) is 18.5 Å². The van der Waals surface area contributed by atoms with Gasteiger partial charge in [0.1, 0.15) is 0 Å². The maximum Gasteiger partial charge on any atom is 0.227 e. The zero-order valence-electron chi connectivity index (χ0n) is 17.1. The predicted octanol–water partition coefficient (Wildman–Crippen LogP) is 3.78. The van der Waals surface area contributed by atoms with E-state index in [1.807, 2.05) is 29.7 Å². The first kappa shape index (κ1) is 21.6. The van der Waals surface area contributed by atoms with Gasteiger partial charge in [-0.05, 0) is 73.5 Å². The lowest BCUT2D eigenvalue weighted by molar-refractivity contribution is 0.169. The Balaban J connectivity index is 1.98. The number of fused-ring (bicyclic) bond motifs is 1. The topological polar surface area (TPSA) is 114 Å². The van der Waals surface area contributed by atoms with Crippen LogP contribution in [0.3, 0.4) is 0 Å². The van der Waals surface area contributed by atoms with Crippen molar-refractivity contribution in [3.05, 3.63) is 33.7 Å². The van der Waals surface area contributed by atoms with E-state index in [0.29, 0.717) is 23.8 Å². The molecule has 0 aliphatic heterocycles. The summed E-state index contributed by atoms with van der Waals surface area (Å²) in [7, 11) is 0. The van der Waals surface area contributed by atoms with Gasteiger partial charge >= 0.3 is 0 Å². The molecule has 0 saturated carbocycles. The number of aromatic nitrogens is 4. The lowest BCUT2D eigenvalue weighted by Crippen LogP contribution is -2.31. The second-order valence-corrected chi connectivity index (χ2v) is 8.66. The number of aliphatic hydroxyl groups is 1. The Morgan fingerprint density at radius 3 is 2.66 bits per heavy atom. The third-order valence-corrected chi connectivity index (χ3v) is 5.54. The van der Waals surface area contributed by atoms with E-state index in [2.05, 4.69) is 62.0 Å². The van der Waals surface area contributed by atoms with Crippen molar-refractivity contribution in [3.63, 3.8) is 0 Å². The highest BCUT2D eigenvalue weighted by molar-refractivity contribution is 14.1. The Hall–Kier alpha value is -2.14. The first-order chi connectivity index (χ1) is 13.8. The summed E-state index contributed by atoms with van der Waals surface area (Å²) in [6.07, 6.45) is 2.02. The number of rotatable bonds is 8. The van der Waals surface area contributed by atoms with Crippen LogP contribution in [0.1, 0.15) is 45.7 Å². The Bertz CT molecular complexity index is 986. The van der Waals surface area contributed by atoms with E-state index in [9.17, 15) is 5.11 Å². The van der Waals surface area contributed by atoms with Crippen molar-refractivity contribution in [2.45, 2.75) is 58.8 Å². The molecule has 0 aliphatic rings. The van der Waals surface area contributed by atoms with Crippen LogP contribution in [-0.4, -0.2) is 36.8 Å². The Labute approximate surface area is 184 Å². The van der Waals surface area contributed by atoms with E-state index in [1.54, 1.807) is 13.3 Å². The number of benzene rings is 1. The quantitative estimate of drug-likeness (QED) is 0.270. The van der Waals surface area contributed by atoms with E-state index >= 15 is 0 Å². The van der Waals surface area contributed by atoms with E-state index < -0.39 is 6.10 Å². The lowest BCUT2D eigenvalue weighted by atomic mass is 10.1. The number of imidazole rings is 1. The molecular formula is C20H28IN7O. The summed E-state index contributed by atoms with van der Waals surface area (Å²) in [4.78, 5) is 13.9. The van der Waals surface area contributed by atoms with E-state index in [-0.39, 0.29) is 12.1 Å². The number of anilines is 3. The fourth-order valence-corrected chi connectivity index (χ4v) is 3.67. The van der Waals surface area contributed by atoms with E-state index in [0.717, 1.165) is 26.9 Å². The number of hydrogen-bond donors (Lipinski definition) is 4. The molecule has 3 aromatic rings. The molecule has 8 nitrogen and oxygen atoms in total. The molecule has 0 saturated heterocycles. The van der Waals surface area contributed by atoms with Gasteiger partial charge in [-0.3, -0.25) is 0 Å². The summed E-state index contributed by atoms with van der Waals surface area (Å²) >= 11 is 2.27. The fraction of sp³-hybridized carbons (Fsp3) is 0.450. The second kappa shape index (κ2) is 9.12. The SMILES string of the molecule is CCC(Nc1nc(NCc2cc(I)ccc2N)c2ncn(C(C)C)c2n1)C(C)O. The van der Waals surface area contributed by atoms with Crippen molar-refractivity contribution in [3.8, 4) is 0 Å². The van der Waals surface area contributed by atoms with Crippen LogP contribution in [0.5, 0.6) is 0 Å². The molecule has 0 radical (unpaired) electrons. The third kappa shape index (κ3) is 4.89. The van der Waals surface area contributed by atoms with Gasteiger partial charge in [0.2, 0.25) is 5.95 Å². The maximum atomic E-state index is 10.0. The van der Waals surface area contributed by atoms with Gasteiger partial charge in [-0.2, -0.15) is 9.97 Å². The highest BCUT2D eigenvalue weighted by Gasteiger charge is 2.18. The molecule has 2 unspecified atom stereocenters. The van der Waals surface area contributed by atoms with E-state index in [1.165, 1.54) is 0 Å². The minimum absolute atomic E-state index is 0.137. The van der Waals surface area contributed by atoms with Gasteiger partial charge in [0, 0.05) is 21.8 Å². The number of nitrogens with zero attached hydrogens (tertiary/aromatic N) is 4. The fourth-order valence-electron chi connectivity index (χ4n) is 3.12. The van der Waals surface area contributed by atoms with Gasteiger partial charge in [-0.15, -0.1) is 0 Å². The zero-order valence-corrected chi connectivity index (χ0v) is 19.3. The molecule has 0 bridgehead atoms. The van der Waals surface area contributed by atoms with Crippen molar-refractivity contribution < 1.29 is 5.11 Å². The highest BCUT2D eigenvalue weighted by Crippen LogP contribution is 2.25. The standard InChI is InChI=1S/C20H28IN7O/c1-5-16(12(4)29)25-20-26-18(17-19(27-20)28(10-24-17)11(2)3)23-9-13-8-14(21)6-7-15(13)22/h6-8,10-12,16,29H,5,9,22H2,1-4H3,(H2,23,25,26,27). The minimum Gasteiger partial charge on any atom is -0.398 e. The van der Waals surface area contributed by atoms with Gasteiger partial charge in [0.25, 0.3) is 0 Å². The molecule has 2 heterocycles. The van der Waals surface area contributed by atoms with Crippen molar-refractivity contribution in [1.29, 1.82) is 0 Å². The summed E-state index contributed by atoms with van der Waals surface area (Å²) < 4.78 is 3.13. The maximum absolute atomic E-state index is 10.0. The van der Waals surface area contributed by atoms with Gasteiger partial charge in [0.15, 0.2) is 17.0 Å². The van der Waals surface area contributed by atoms with Crippen molar-refractivity contribution >= 4 is 51.2 Å². The summed E-state index contributed by atoms with van der Waals surface area (Å²) in [6, 6.07) is 6.01. The van der Waals surface area contributed by atoms with Crippen LogP contribution < -0.4 is 16.4 Å². The smallest absolute Gasteiger partial charge is 0.227 e. The first-order valence-corrected chi connectivity index (χ1v) is 10.8. The van der Waals surface area contributed by atoms with Crippen molar-refractivity contribution in [2.75, 3.05) is 16.4 Å². The summed E-state index contributed by atoms with van der Waals surface area (Å²) in [5, 5.41) is 16.6. The average Bonchev–Trinajstić information content (AvgIpc) is 3.10. The minimum atomic E-state index is -0.517. The zero-order chi connectivity index (χ0) is 21.1. The number of nitrogens with two attached hydrogens (primary N) is 1. The average molecular weight is 509 g/mol. The molecule has 2 aromatic heterocycles. The molecule has 3 rings (SSSR count). The molecule has 0 amide bonds. The Morgan fingerprint density at radius 1 is 1.24 bits per heavy atom. The summed E-state index contributed by atoms with van der Waals surface area (Å²) in [5.41, 5.74) is 9.30. The molecule has 2 atom stereocenters. The van der Waals surface area contributed by atoms with Crippen molar-refractivity contribution in [1.82, 2.24) is 19.5 Å². The molecule has 156 valence electrons. The molecule has 5 N–H and O–H groups in total. The number of halogens is 1. The molecule has 0 fully saturated rings. The molecular weight excluding hydrogens is 481 g/mol. The number of aliphatic hydroxyl groups excluding tert-OH is 1. The highest BCUT2D eigenvalue weighted by atomic mass is 127. The van der Waals surface area contributed by atoms with Gasteiger partial charge in [-0.1, -0.05) is 6.92 Å². The monoisotopic (exact) mass is 509 g/mol. The number of hydrogen-bond acceptors (Lipinski definition) is 7. The number of nitrogen functional groups attached to an aromatic ring is 1. The predicted molar refractivity (Wildman–Crippen MR) is 126 cm³/mol. The van der Waals surface area contributed by atoms with Crippen LogP contribution >= 0.6 is 22.6 Å². The van der Waals surface area contributed by atoms with Crippen LogP contribution in [0.25, 0.3) is 11.2 Å². The molecule has 0 aliphatic carbocycles. The molecule has 29 heavy (non-hydrogen) atoms. The molecule has 0 spiro atoms. The van der Waals surface area contributed by atoms with Crippen molar-refractivity contribution in [2.24, 2.45) is 0 Å².